The highest BCUT2D eigenvalue weighted by atomic mass is 32.2. The molecule has 1 heterocycles. The van der Waals surface area contributed by atoms with Gasteiger partial charge in [0.25, 0.3) is 21.9 Å². The van der Waals surface area contributed by atoms with Crippen LogP contribution in [0.25, 0.3) is 10.8 Å². The third kappa shape index (κ3) is 4.69. The van der Waals surface area contributed by atoms with Gasteiger partial charge in [0.15, 0.2) is 0 Å². The summed E-state index contributed by atoms with van der Waals surface area (Å²) in [6, 6.07) is 3.36. The first kappa shape index (κ1) is 32.7. The number of imide groups is 1. The summed E-state index contributed by atoms with van der Waals surface area (Å²) in [5.41, 5.74) is -3.82. The van der Waals surface area contributed by atoms with E-state index in [1.54, 1.807) is 0 Å². The maximum Gasteiger partial charge on any atom is 0.460 e. The fourth-order valence-electron chi connectivity index (χ4n) is 6.26. The summed E-state index contributed by atoms with van der Waals surface area (Å²) in [6.45, 7) is 3.89. The van der Waals surface area contributed by atoms with Gasteiger partial charge in [0.2, 0.25) is 0 Å². The molecule has 0 aromatic heterocycles. The van der Waals surface area contributed by atoms with Gasteiger partial charge in [0.05, 0.1) is 11.2 Å². The molecule has 2 unspecified atom stereocenters. The highest BCUT2D eigenvalue weighted by molar-refractivity contribution is 7.85. The number of amides is 2. The van der Waals surface area contributed by atoms with Crippen LogP contribution in [0, 0.1) is 16.7 Å². The predicted octanol–water partition coefficient (Wildman–Crippen LogP) is 5.92. The van der Waals surface area contributed by atoms with Crippen molar-refractivity contribution in [2.75, 3.05) is 5.75 Å². The SMILES string of the molecule is CC1(C)C2CCC1(CS(=O)(=O)O)C(=O)C2.O=C1NC(=O)c2ccc(C(F)(F)C(F)(F)C(F)(F)C(F)(F)F)c3cccc1c23. The summed E-state index contributed by atoms with van der Waals surface area (Å²) in [4.78, 5) is 35.5. The van der Waals surface area contributed by atoms with E-state index in [4.69, 9.17) is 4.55 Å². The molecule has 43 heavy (non-hydrogen) atoms. The first-order valence-electron chi connectivity index (χ1n) is 12.4. The molecule has 236 valence electrons. The third-order valence-corrected chi connectivity index (χ3v) is 9.67. The fraction of sp³-hybridized carbons (Fsp3) is 0.500. The zero-order valence-corrected chi connectivity index (χ0v) is 22.9. The lowest BCUT2D eigenvalue weighted by molar-refractivity contribution is -0.399. The van der Waals surface area contributed by atoms with Crippen molar-refractivity contribution in [3.05, 3.63) is 47.0 Å². The molecule has 2 aliphatic carbocycles. The molecule has 17 heteroatoms. The molecule has 2 atom stereocenters. The van der Waals surface area contributed by atoms with Gasteiger partial charge in [-0.15, -0.1) is 0 Å². The van der Waals surface area contributed by atoms with Crippen molar-refractivity contribution in [2.45, 2.75) is 57.1 Å². The Hall–Kier alpha value is -3.21. The monoisotopic (exact) mass is 647 g/mol. The van der Waals surface area contributed by atoms with Gasteiger partial charge in [0, 0.05) is 28.5 Å². The molecule has 5 rings (SSSR count). The zero-order valence-electron chi connectivity index (χ0n) is 22.1. The van der Waals surface area contributed by atoms with Crippen LogP contribution in [-0.4, -0.2) is 54.3 Å². The third-order valence-electron chi connectivity index (χ3n) is 8.81. The van der Waals surface area contributed by atoms with Crippen molar-refractivity contribution in [1.82, 2.24) is 5.32 Å². The van der Waals surface area contributed by atoms with Crippen LogP contribution in [0.2, 0.25) is 0 Å². The van der Waals surface area contributed by atoms with Gasteiger partial charge in [-0.25, -0.2) is 0 Å². The van der Waals surface area contributed by atoms with Crippen molar-refractivity contribution in [3.63, 3.8) is 0 Å². The second kappa shape index (κ2) is 9.64. The summed E-state index contributed by atoms with van der Waals surface area (Å²) in [5, 5.41) is 0.360. The number of rotatable bonds is 5. The number of halogens is 9. The molecule has 2 saturated carbocycles. The minimum Gasteiger partial charge on any atom is -0.299 e. The van der Waals surface area contributed by atoms with Gasteiger partial charge in [-0.3, -0.25) is 24.3 Å². The highest BCUT2D eigenvalue weighted by Crippen LogP contribution is 2.64. The van der Waals surface area contributed by atoms with E-state index in [9.17, 15) is 62.3 Å². The lowest BCUT2D eigenvalue weighted by Crippen LogP contribution is -2.59. The Labute approximate surface area is 237 Å². The first-order chi connectivity index (χ1) is 19.3. The van der Waals surface area contributed by atoms with E-state index in [0.29, 0.717) is 25.0 Å². The van der Waals surface area contributed by atoms with Gasteiger partial charge in [-0.2, -0.15) is 47.9 Å². The maximum absolute atomic E-state index is 14.4. The maximum atomic E-state index is 14.4. The molecule has 2 fully saturated rings. The zero-order chi connectivity index (χ0) is 32.8. The first-order valence-corrected chi connectivity index (χ1v) is 14.0. The topological polar surface area (TPSA) is 118 Å². The van der Waals surface area contributed by atoms with Crippen LogP contribution in [0.5, 0.6) is 0 Å². The van der Waals surface area contributed by atoms with Crippen LogP contribution in [0.15, 0.2) is 30.3 Å². The van der Waals surface area contributed by atoms with E-state index in [1.165, 1.54) is 0 Å². The number of carbonyl (C=O) groups is 3. The van der Waals surface area contributed by atoms with Gasteiger partial charge in [0.1, 0.15) is 5.78 Å². The van der Waals surface area contributed by atoms with Gasteiger partial charge in [-0.05, 0) is 41.7 Å². The van der Waals surface area contributed by atoms with E-state index in [0.717, 1.165) is 18.6 Å². The fourth-order valence-corrected chi connectivity index (χ4v) is 7.56. The van der Waals surface area contributed by atoms with E-state index in [-0.39, 0.29) is 23.2 Å². The highest BCUT2D eigenvalue weighted by Gasteiger charge is 2.82. The molecule has 1 aliphatic heterocycles. The Kier molecular flexibility index (Phi) is 7.33. The Morgan fingerprint density at radius 2 is 1.44 bits per heavy atom. The Morgan fingerprint density at radius 3 is 1.91 bits per heavy atom. The average molecular weight is 648 g/mol. The summed E-state index contributed by atoms with van der Waals surface area (Å²) in [5.74, 6) is -22.2. The van der Waals surface area contributed by atoms with Crippen LogP contribution in [0.3, 0.4) is 0 Å². The summed E-state index contributed by atoms with van der Waals surface area (Å²) in [7, 11) is -4.08. The number of carbonyl (C=O) groups excluding carboxylic acids is 3. The minimum atomic E-state index is -7.06. The second-order valence-corrected chi connectivity index (χ2v) is 12.7. The lowest BCUT2D eigenvalue weighted by atomic mass is 9.70. The van der Waals surface area contributed by atoms with Crippen LogP contribution < -0.4 is 5.32 Å². The molecule has 0 saturated heterocycles. The number of alkyl halides is 9. The van der Waals surface area contributed by atoms with E-state index in [2.05, 4.69) is 0 Å². The molecule has 0 spiro atoms. The molecular weight excluding hydrogens is 625 g/mol. The number of Topliss-reactive ketones (excluding diaryl/α,β-unsaturated/α-hetero) is 1. The van der Waals surface area contributed by atoms with Gasteiger partial charge >= 0.3 is 23.9 Å². The Bertz CT molecular complexity index is 1630. The Morgan fingerprint density at radius 1 is 0.884 bits per heavy atom. The minimum absolute atomic E-state index is 0.0152. The molecule has 3 aliphatic rings. The number of hydrogen-bond acceptors (Lipinski definition) is 5. The number of nitrogens with one attached hydrogen (secondary N) is 1. The van der Waals surface area contributed by atoms with Crippen molar-refractivity contribution >= 4 is 38.5 Å². The molecule has 0 radical (unpaired) electrons. The standard InChI is InChI=1S/C16H6F9NO2.C10H16O4S/c17-13(18,14(19,20)15(21,22)16(23,24)25)9-5-4-8-10-6(9)2-1-3-7(10)11(27)26-12(8)28;1-9(2)7-3-4-10(9,8(11)5-7)6-15(12,13)14/h1-5H,(H,26,27,28);7H,3-6H2,1-2H3,(H,12,13,14). The molecule has 2 bridgehead atoms. The quantitative estimate of drug-likeness (QED) is 0.237. The molecule has 7 nitrogen and oxygen atoms in total. The summed E-state index contributed by atoms with van der Waals surface area (Å²) >= 11 is 0. The van der Waals surface area contributed by atoms with E-state index >= 15 is 0 Å². The molecular formula is C26H22F9NO6S. The van der Waals surface area contributed by atoms with Crippen molar-refractivity contribution in [2.24, 2.45) is 16.7 Å². The second-order valence-electron chi connectivity index (χ2n) is 11.3. The number of hydrogen-bond donors (Lipinski definition) is 2. The van der Waals surface area contributed by atoms with Crippen LogP contribution in [0.1, 0.15) is 59.4 Å². The molecule has 2 N–H and O–H groups in total. The van der Waals surface area contributed by atoms with Crippen molar-refractivity contribution in [3.8, 4) is 0 Å². The predicted molar refractivity (Wildman–Crippen MR) is 131 cm³/mol. The lowest BCUT2D eigenvalue weighted by Gasteiger charge is -2.35. The number of fused-ring (bicyclic) bond motifs is 2. The number of benzene rings is 2. The van der Waals surface area contributed by atoms with Gasteiger partial charge in [-0.1, -0.05) is 32.0 Å². The molecule has 2 aromatic carbocycles. The smallest absolute Gasteiger partial charge is 0.299 e. The van der Waals surface area contributed by atoms with Crippen molar-refractivity contribution < 1.29 is 66.9 Å². The normalized spacial score (nSPS) is 23.7. The van der Waals surface area contributed by atoms with E-state index in [1.807, 2.05) is 19.2 Å². The van der Waals surface area contributed by atoms with E-state index < -0.39 is 84.5 Å². The average Bonchev–Trinajstić information content (AvgIpc) is 3.19. The van der Waals surface area contributed by atoms with Crippen LogP contribution in [-0.2, 0) is 20.8 Å². The Balaban J connectivity index is 0.000000237. The van der Waals surface area contributed by atoms with Crippen LogP contribution >= 0.6 is 0 Å². The van der Waals surface area contributed by atoms with Gasteiger partial charge < -0.3 is 0 Å². The van der Waals surface area contributed by atoms with Crippen molar-refractivity contribution in [1.29, 1.82) is 0 Å². The summed E-state index contributed by atoms with van der Waals surface area (Å²) in [6.07, 6.45) is -4.98. The number of ketones is 1. The van der Waals surface area contributed by atoms with Crippen LogP contribution in [0.4, 0.5) is 39.5 Å². The molecule has 2 aromatic rings. The largest absolute Gasteiger partial charge is 0.460 e. The summed E-state index contributed by atoms with van der Waals surface area (Å²) < 4.78 is 151. The molecule has 2 amide bonds.